The smallest absolute Gasteiger partial charge is 0.266 e. The SMILES string of the molecule is CCOc1cc(/C=C(\C#N)C(=O)Nc2ccc(OCc3ccccc3)cc2)c(Br)cc1OCc1ccccc1F. The third-order valence-electron chi connectivity index (χ3n) is 5.73. The Balaban J connectivity index is 1.45. The second-order valence-corrected chi connectivity index (χ2v) is 9.41. The van der Waals surface area contributed by atoms with E-state index in [1.807, 2.05) is 43.3 Å². The first-order valence-electron chi connectivity index (χ1n) is 12.5. The molecule has 4 rings (SSSR count). The first kappa shape index (κ1) is 28.4. The second-order valence-electron chi connectivity index (χ2n) is 8.56. The molecule has 0 aliphatic carbocycles. The van der Waals surface area contributed by atoms with Crippen LogP contribution in [0, 0.1) is 17.1 Å². The maximum atomic E-state index is 14.0. The molecule has 0 aromatic heterocycles. The Morgan fingerprint density at radius 2 is 1.62 bits per heavy atom. The Kier molecular flexibility index (Phi) is 9.92. The monoisotopic (exact) mass is 600 g/mol. The highest BCUT2D eigenvalue weighted by molar-refractivity contribution is 9.10. The van der Waals surface area contributed by atoms with Crippen LogP contribution in [0.15, 0.2) is 101 Å². The highest BCUT2D eigenvalue weighted by Gasteiger charge is 2.15. The van der Waals surface area contributed by atoms with Crippen LogP contribution in [0.3, 0.4) is 0 Å². The topological polar surface area (TPSA) is 80.6 Å². The summed E-state index contributed by atoms with van der Waals surface area (Å²) >= 11 is 3.48. The van der Waals surface area contributed by atoms with Crippen LogP contribution in [0.25, 0.3) is 6.08 Å². The van der Waals surface area contributed by atoms with Gasteiger partial charge < -0.3 is 19.5 Å². The lowest BCUT2D eigenvalue weighted by Crippen LogP contribution is -2.13. The summed E-state index contributed by atoms with van der Waals surface area (Å²) in [5.74, 6) is 0.523. The molecule has 0 radical (unpaired) electrons. The Labute approximate surface area is 240 Å². The number of nitriles is 1. The minimum absolute atomic E-state index is 0.0102. The van der Waals surface area contributed by atoms with Gasteiger partial charge in [-0.25, -0.2) is 4.39 Å². The number of hydrogen-bond donors (Lipinski definition) is 1. The molecule has 4 aromatic carbocycles. The fraction of sp³-hybridized carbons (Fsp3) is 0.125. The van der Waals surface area contributed by atoms with Gasteiger partial charge in [-0.3, -0.25) is 4.79 Å². The average molecular weight is 601 g/mol. The fourth-order valence-electron chi connectivity index (χ4n) is 3.69. The number of hydrogen-bond acceptors (Lipinski definition) is 5. The van der Waals surface area contributed by atoms with Gasteiger partial charge in [-0.15, -0.1) is 0 Å². The number of carbonyl (C=O) groups is 1. The average Bonchev–Trinajstić information content (AvgIpc) is 2.97. The number of halogens is 2. The zero-order valence-corrected chi connectivity index (χ0v) is 23.3. The summed E-state index contributed by atoms with van der Waals surface area (Å²) in [6.45, 7) is 2.62. The lowest BCUT2D eigenvalue weighted by molar-refractivity contribution is -0.112. The number of benzene rings is 4. The Hall–Kier alpha value is -4.61. The minimum atomic E-state index is -0.565. The number of anilines is 1. The van der Waals surface area contributed by atoms with Crippen LogP contribution in [0.4, 0.5) is 10.1 Å². The minimum Gasteiger partial charge on any atom is -0.490 e. The van der Waals surface area contributed by atoms with Gasteiger partial charge in [0.1, 0.15) is 36.4 Å². The molecule has 0 bridgehead atoms. The Morgan fingerprint density at radius 3 is 2.33 bits per heavy atom. The molecule has 1 amide bonds. The van der Waals surface area contributed by atoms with Gasteiger partial charge in [0.05, 0.1) is 6.61 Å². The molecule has 0 unspecified atom stereocenters. The maximum Gasteiger partial charge on any atom is 0.266 e. The quantitative estimate of drug-likeness (QED) is 0.141. The van der Waals surface area contributed by atoms with E-state index in [1.165, 1.54) is 12.1 Å². The second kappa shape index (κ2) is 14.0. The van der Waals surface area contributed by atoms with Crippen LogP contribution in [-0.4, -0.2) is 12.5 Å². The molecule has 40 heavy (non-hydrogen) atoms. The number of carbonyl (C=O) groups excluding carboxylic acids is 1. The zero-order valence-electron chi connectivity index (χ0n) is 21.7. The molecule has 202 valence electrons. The van der Waals surface area contributed by atoms with Crippen molar-refractivity contribution in [3.05, 3.63) is 124 Å². The molecule has 8 heteroatoms. The number of amides is 1. The molecule has 0 spiro atoms. The zero-order chi connectivity index (χ0) is 28.3. The third kappa shape index (κ3) is 7.71. The van der Waals surface area contributed by atoms with E-state index >= 15 is 0 Å². The van der Waals surface area contributed by atoms with Crippen LogP contribution >= 0.6 is 15.9 Å². The fourth-order valence-corrected chi connectivity index (χ4v) is 4.13. The van der Waals surface area contributed by atoms with Gasteiger partial charge in [0, 0.05) is 15.7 Å². The number of nitrogens with zero attached hydrogens (tertiary/aromatic N) is 1. The predicted molar refractivity (Wildman–Crippen MR) is 155 cm³/mol. The van der Waals surface area contributed by atoms with Crippen LogP contribution in [-0.2, 0) is 18.0 Å². The van der Waals surface area contributed by atoms with Crippen molar-refractivity contribution in [3.63, 3.8) is 0 Å². The van der Waals surface area contributed by atoms with E-state index in [1.54, 1.807) is 54.6 Å². The molecule has 0 aliphatic heterocycles. The molecule has 0 atom stereocenters. The lowest BCUT2D eigenvalue weighted by atomic mass is 10.1. The summed E-state index contributed by atoms with van der Waals surface area (Å²) in [7, 11) is 0. The molecule has 0 aliphatic rings. The molecule has 1 N–H and O–H groups in total. The molecule has 0 heterocycles. The first-order chi connectivity index (χ1) is 19.5. The van der Waals surface area contributed by atoms with Crippen LogP contribution in [0.1, 0.15) is 23.6 Å². The van der Waals surface area contributed by atoms with E-state index in [0.29, 0.717) is 51.7 Å². The molecule has 0 saturated heterocycles. The van der Waals surface area contributed by atoms with E-state index in [4.69, 9.17) is 14.2 Å². The highest BCUT2D eigenvalue weighted by Crippen LogP contribution is 2.35. The molecule has 0 saturated carbocycles. The summed E-state index contributed by atoms with van der Waals surface area (Å²) in [5.41, 5.74) is 2.41. The number of nitrogens with one attached hydrogen (secondary N) is 1. The number of rotatable bonds is 11. The van der Waals surface area contributed by atoms with Crippen molar-refractivity contribution in [1.82, 2.24) is 0 Å². The van der Waals surface area contributed by atoms with E-state index in [2.05, 4.69) is 21.2 Å². The normalized spacial score (nSPS) is 10.9. The summed E-state index contributed by atoms with van der Waals surface area (Å²) in [6, 6.07) is 28.4. The van der Waals surface area contributed by atoms with Gasteiger partial charge in [0.25, 0.3) is 5.91 Å². The van der Waals surface area contributed by atoms with Gasteiger partial charge in [0.15, 0.2) is 11.5 Å². The summed E-state index contributed by atoms with van der Waals surface area (Å²) < 4.78 is 31.9. The highest BCUT2D eigenvalue weighted by atomic mass is 79.9. The van der Waals surface area contributed by atoms with Crippen molar-refractivity contribution < 1.29 is 23.4 Å². The summed E-state index contributed by atoms with van der Waals surface area (Å²) in [6.07, 6.45) is 1.46. The van der Waals surface area contributed by atoms with Crippen molar-refractivity contribution >= 4 is 33.6 Å². The van der Waals surface area contributed by atoms with E-state index in [9.17, 15) is 14.4 Å². The molecular weight excluding hydrogens is 575 g/mol. The molecular formula is C32H26BrFN2O4. The number of ether oxygens (including phenoxy) is 3. The predicted octanol–water partition coefficient (Wildman–Crippen LogP) is 7.69. The van der Waals surface area contributed by atoms with Gasteiger partial charge in [-0.1, -0.05) is 64.5 Å². The molecule has 0 fully saturated rings. The molecule has 4 aromatic rings. The standard InChI is InChI=1S/C32H26BrFN2O4/c1-2-38-30-17-24(28(33)18-31(30)40-21-23-10-6-7-11-29(23)34)16-25(19-35)32(37)36-26-12-14-27(15-13-26)39-20-22-8-4-3-5-9-22/h3-18H,2,20-21H2,1H3,(H,36,37)/b25-16+. The van der Waals surface area contributed by atoms with Crippen molar-refractivity contribution in [3.8, 4) is 23.3 Å². The Bertz CT molecular complexity index is 1530. The summed E-state index contributed by atoms with van der Waals surface area (Å²) in [5, 5.41) is 12.4. The van der Waals surface area contributed by atoms with Crippen molar-refractivity contribution in [1.29, 1.82) is 5.26 Å². The first-order valence-corrected chi connectivity index (χ1v) is 13.3. The van der Waals surface area contributed by atoms with Crippen molar-refractivity contribution in [2.75, 3.05) is 11.9 Å². The van der Waals surface area contributed by atoms with Gasteiger partial charge in [-0.2, -0.15) is 5.26 Å². The van der Waals surface area contributed by atoms with Crippen LogP contribution < -0.4 is 19.5 Å². The lowest BCUT2D eigenvalue weighted by Gasteiger charge is -2.14. The van der Waals surface area contributed by atoms with E-state index < -0.39 is 5.91 Å². The van der Waals surface area contributed by atoms with Gasteiger partial charge >= 0.3 is 0 Å². The van der Waals surface area contributed by atoms with Crippen LogP contribution in [0.5, 0.6) is 17.2 Å². The van der Waals surface area contributed by atoms with Gasteiger partial charge in [0.2, 0.25) is 0 Å². The molecule has 6 nitrogen and oxygen atoms in total. The van der Waals surface area contributed by atoms with Crippen molar-refractivity contribution in [2.24, 2.45) is 0 Å². The Morgan fingerprint density at radius 1 is 0.925 bits per heavy atom. The summed E-state index contributed by atoms with van der Waals surface area (Å²) in [4.78, 5) is 12.9. The van der Waals surface area contributed by atoms with Gasteiger partial charge in [-0.05, 0) is 66.6 Å². The maximum absolute atomic E-state index is 14.0. The van der Waals surface area contributed by atoms with Crippen molar-refractivity contribution in [2.45, 2.75) is 20.1 Å². The largest absolute Gasteiger partial charge is 0.490 e. The third-order valence-corrected chi connectivity index (χ3v) is 6.42. The van der Waals surface area contributed by atoms with Crippen LogP contribution in [0.2, 0.25) is 0 Å². The van der Waals surface area contributed by atoms with E-state index in [0.717, 1.165) is 5.56 Å². The van der Waals surface area contributed by atoms with E-state index in [-0.39, 0.29) is 18.0 Å².